The third-order valence-electron chi connectivity index (χ3n) is 4.11. The molecule has 0 aromatic carbocycles. The Labute approximate surface area is 123 Å². The van der Waals surface area contributed by atoms with E-state index in [1.54, 1.807) is 0 Å². The highest BCUT2D eigenvalue weighted by atomic mass is 19.4. The van der Waals surface area contributed by atoms with Crippen LogP contribution in [0.15, 0.2) is 0 Å². The van der Waals surface area contributed by atoms with E-state index in [0.717, 1.165) is 19.9 Å². The van der Waals surface area contributed by atoms with Crippen molar-refractivity contribution in [1.29, 1.82) is 0 Å². The highest BCUT2D eigenvalue weighted by Crippen LogP contribution is 2.38. The lowest BCUT2D eigenvalue weighted by atomic mass is 9.87. The van der Waals surface area contributed by atoms with Crippen molar-refractivity contribution in [2.24, 2.45) is 0 Å². The summed E-state index contributed by atoms with van der Waals surface area (Å²) in [7, 11) is 0. The van der Waals surface area contributed by atoms with Crippen LogP contribution in [0.2, 0.25) is 0 Å². The Morgan fingerprint density at radius 3 is 2.57 bits per heavy atom. The molecule has 2 aliphatic rings. The molecule has 7 heteroatoms. The molecule has 1 saturated heterocycles. The van der Waals surface area contributed by atoms with Crippen molar-refractivity contribution in [2.45, 2.75) is 69.7 Å². The van der Waals surface area contributed by atoms with Gasteiger partial charge in [0.15, 0.2) is 11.9 Å². The molecule has 2 rings (SSSR count). The molecule has 1 aliphatic heterocycles. The Hall–Kier alpha value is -0.370. The molecule has 3 unspecified atom stereocenters. The first-order chi connectivity index (χ1) is 9.86. The van der Waals surface area contributed by atoms with Gasteiger partial charge in [0.1, 0.15) is 0 Å². The van der Waals surface area contributed by atoms with Crippen LogP contribution in [0.25, 0.3) is 0 Å². The van der Waals surface area contributed by atoms with Gasteiger partial charge in [-0.05, 0) is 26.3 Å². The fourth-order valence-corrected chi connectivity index (χ4v) is 2.92. The maximum Gasteiger partial charge on any atom is 0.414 e. The largest absolute Gasteiger partial charge is 0.414 e. The molecule has 21 heavy (non-hydrogen) atoms. The van der Waals surface area contributed by atoms with E-state index in [0.29, 0.717) is 32.5 Å². The number of ether oxygens (including phenoxy) is 3. The minimum atomic E-state index is -4.35. The van der Waals surface area contributed by atoms with Gasteiger partial charge in [-0.1, -0.05) is 6.92 Å². The van der Waals surface area contributed by atoms with Gasteiger partial charge in [-0.2, -0.15) is 13.2 Å². The Kier molecular flexibility index (Phi) is 5.51. The van der Waals surface area contributed by atoms with Gasteiger partial charge in [-0.15, -0.1) is 0 Å². The molecule has 0 bridgehead atoms. The number of hydrogen-bond donors (Lipinski definition) is 1. The zero-order valence-electron chi connectivity index (χ0n) is 12.5. The lowest BCUT2D eigenvalue weighted by molar-refractivity contribution is -0.257. The first-order valence-corrected chi connectivity index (χ1v) is 7.60. The third-order valence-corrected chi connectivity index (χ3v) is 4.11. The van der Waals surface area contributed by atoms with E-state index in [4.69, 9.17) is 14.2 Å². The highest BCUT2D eigenvalue weighted by Gasteiger charge is 2.48. The number of rotatable bonds is 5. The third kappa shape index (κ3) is 4.31. The first kappa shape index (κ1) is 17.0. The van der Waals surface area contributed by atoms with Crippen molar-refractivity contribution < 1.29 is 27.4 Å². The molecule has 1 saturated carbocycles. The second-order valence-corrected chi connectivity index (χ2v) is 5.77. The Morgan fingerprint density at radius 1 is 1.33 bits per heavy atom. The Balaban J connectivity index is 2.01. The molecule has 1 spiro atoms. The van der Waals surface area contributed by atoms with E-state index in [9.17, 15) is 13.2 Å². The van der Waals surface area contributed by atoms with Gasteiger partial charge in [0, 0.05) is 18.9 Å². The van der Waals surface area contributed by atoms with Crippen LogP contribution in [-0.2, 0) is 14.2 Å². The summed E-state index contributed by atoms with van der Waals surface area (Å²) >= 11 is 0. The second kappa shape index (κ2) is 6.81. The zero-order chi connectivity index (χ0) is 15.5. The molecule has 124 valence electrons. The normalized spacial score (nSPS) is 30.7. The number of hydrogen-bond acceptors (Lipinski definition) is 4. The van der Waals surface area contributed by atoms with Crippen LogP contribution in [0.5, 0.6) is 0 Å². The van der Waals surface area contributed by atoms with Gasteiger partial charge in [-0.3, -0.25) is 0 Å². The van der Waals surface area contributed by atoms with E-state index in [-0.39, 0.29) is 6.04 Å². The predicted molar refractivity (Wildman–Crippen MR) is 71.0 cm³/mol. The van der Waals surface area contributed by atoms with E-state index in [1.165, 1.54) is 0 Å². The van der Waals surface area contributed by atoms with E-state index in [2.05, 4.69) is 5.32 Å². The van der Waals surface area contributed by atoms with Gasteiger partial charge in [0.2, 0.25) is 0 Å². The molecule has 0 aromatic heterocycles. The Morgan fingerprint density at radius 2 is 2.00 bits per heavy atom. The lowest BCUT2D eigenvalue weighted by Crippen LogP contribution is -2.54. The van der Waals surface area contributed by atoms with Crippen LogP contribution in [0.4, 0.5) is 13.2 Å². The fraction of sp³-hybridized carbons (Fsp3) is 1.00. The van der Waals surface area contributed by atoms with Gasteiger partial charge in [0.25, 0.3) is 0 Å². The molecule has 3 atom stereocenters. The van der Waals surface area contributed by atoms with Crippen LogP contribution < -0.4 is 5.32 Å². The van der Waals surface area contributed by atoms with Crippen LogP contribution in [0, 0.1) is 0 Å². The number of nitrogens with one attached hydrogen (secondary N) is 1. The minimum Gasteiger partial charge on any atom is -0.364 e. The van der Waals surface area contributed by atoms with Crippen LogP contribution >= 0.6 is 0 Å². The van der Waals surface area contributed by atoms with Crippen molar-refractivity contribution >= 4 is 0 Å². The van der Waals surface area contributed by atoms with Crippen molar-refractivity contribution in [1.82, 2.24) is 5.32 Å². The molecule has 1 N–H and O–H groups in total. The molecule has 0 aromatic rings. The summed E-state index contributed by atoms with van der Waals surface area (Å²) in [5, 5.41) is 3.28. The maximum absolute atomic E-state index is 12.7. The summed E-state index contributed by atoms with van der Waals surface area (Å²) < 4.78 is 54.8. The molecule has 1 aliphatic carbocycles. The van der Waals surface area contributed by atoms with Crippen molar-refractivity contribution in [3.8, 4) is 0 Å². The fourth-order valence-electron chi connectivity index (χ4n) is 2.92. The minimum absolute atomic E-state index is 0.0897. The van der Waals surface area contributed by atoms with E-state index < -0.39 is 24.2 Å². The van der Waals surface area contributed by atoms with E-state index in [1.807, 2.05) is 6.92 Å². The summed E-state index contributed by atoms with van der Waals surface area (Å²) in [6.45, 7) is 4.83. The summed E-state index contributed by atoms with van der Waals surface area (Å²) in [6, 6.07) is -0.0897. The van der Waals surface area contributed by atoms with Gasteiger partial charge in [-0.25, -0.2) is 0 Å². The molecule has 2 fully saturated rings. The average molecular weight is 311 g/mol. The number of halogens is 3. The molecular formula is C14H24F3NO3. The van der Waals surface area contributed by atoms with Crippen molar-refractivity contribution in [3.63, 3.8) is 0 Å². The maximum atomic E-state index is 12.7. The highest BCUT2D eigenvalue weighted by molar-refractivity contribution is 4.93. The molecule has 0 amide bonds. The molecular weight excluding hydrogens is 287 g/mol. The standard InChI is InChI=1S/C14H24F3NO3/c1-3-6-18-11-4-5-13(19-7-8-20-13)9-12(11)21-10(2)14(15,16)17/h10-12,18H,3-9H2,1-2H3. The quantitative estimate of drug-likeness (QED) is 0.847. The van der Waals surface area contributed by atoms with Gasteiger partial charge >= 0.3 is 6.18 Å². The van der Waals surface area contributed by atoms with Gasteiger partial charge < -0.3 is 19.5 Å². The summed E-state index contributed by atoms with van der Waals surface area (Å²) in [4.78, 5) is 0. The monoisotopic (exact) mass is 311 g/mol. The van der Waals surface area contributed by atoms with Crippen molar-refractivity contribution in [3.05, 3.63) is 0 Å². The first-order valence-electron chi connectivity index (χ1n) is 7.60. The zero-order valence-corrected chi connectivity index (χ0v) is 12.5. The van der Waals surface area contributed by atoms with Crippen LogP contribution in [0.1, 0.15) is 39.5 Å². The predicted octanol–water partition coefficient (Wildman–Crippen LogP) is 2.62. The second-order valence-electron chi connectivity index (χ2n) is 5.77. The molecule has 1 heterocycles. The number of alkyl halides is 3. The SMILES string of the molecule is CCCNC1CCC2(CC1OC(C)C(F)(F)F)OCCO2. The Bertz CT molecular complexity index is 332. The smallest absolute Gasteiger partial charge is 0.364 e. The van der Waals surface area contributed by atoms with Crippen LogP contribution in [-0.4, -0.2) is 50.0 Å². The topological polar surface area (TPSA) is 39.7 Å². The van der Waals surface area contributed by atoms with E-state index >= 15 is 0 Å². The average Bonchev–Trinajstić information content (AvgIpc) is 2.85. The summed E-state index contributed by atoms with van der Waals surface area (Å²) in [6.07, 6.45) is -4.04. The molecule has 0 radical (unpaired) electrons. The van der Waals surface area contributed by atoms with Crippen LogP contribution in [0.3, 0.4) is 0 Å². The van der Waals surface area contributed by atoms with Crippen molar-refractivity contribution in [2.75, 3.05) is 19.8 Å². The molecule has 4 nitrogen and oxygen atoms in total. The lowest BCUT2D eigenvalue weighted by Gasteiger charge is -2.42. The summed E-state index contributed by atoms with van der Waals surface area (Å²) in [5.74, 6) is -0.750. The van der Waals surface area contributed by atoms with Gasteiger partial charge in [0.05, 0.1) is 19.3 Å². The summed E-state index contributed by atoms with van der Waals surface area (Å²) in [5.41, 5.74) is 0.